The highest BCUT2D eigenvalue weighted by Gasteiger charge is 2.64. The van der Waals surface area contributed by atoms with Gasteiger partial charge in [-0.05, 0) is 86.7 Å². The molecule has 0 bridgehead atoms. The molecule has 5 aliphatic rings. The molecule has 4 heteroatoms. The molecule has 176 valence electrons. The van der Waals surface area contributed by atoms with Crippen molar-refractivity contribution in [1.29, 1.82) is 0 Å². The second kappa shape index (κ2) is 8.02. The average molecular weight is 441 g/mol. The Hall–Kier alpha value is -1.58. The third-order valence-corrected chi connectivity index (χ3v) is 10.2. The molecule has 0 saturated heterocycles. The van der Waals surface area contributed by atoms with E-state index in [4.69, 9.17) is 9.47 Å². The van der Waals surface area contributed by atoms with Crippen LogP contribution in [0.5, 0.6) is 0 Å². The van der Waals surface area contributed by atoms with Gasteiger partial charge in [-0.3, -0.25) is 9.59 Å². The van der Waals surface area contributed by atoms with Crippen molar-refractivity contribution in [1.82, 2.24) is 0 Å². The van der Waals surface area contributed by atoms with Gasteiger partial charge in [0.1, 0.15) is 6.10 Å². The minimum absolute atomic E-state index is 0.0324. The molecular weight excluding hydrogens is 400 g/mol. The molecule has 0 aliphatic heterocycles. The first-order valence-electron chi connectivity index (χ1n) is 13.0. The summed E-state index contributed by atoms with van der Waals surface area (Å²) < 4.78 is 12.4. The molecule has 0 spiro atoms. The molecule has 5 aliphatic carbocycles. The third-order valence-electron chi connectivity index (χ3n) is 10.2. The zero-order valence-electron chi connectivity index (χ0n) is 20.3. The maximum Gasteiger partial charge on any atom is 0.302 e. The highest BCUT2D eigenvalue weighted by molar-refractivity contribution is 5.92. The van der Waals surface area contributed by atoms with E-state index in [-0.39, 0.29) is 22.9 Å². The van der Waals surface area contributed by atoms with Gasteiger partial charge in [0.25, 0.3) is 0 Å². The van der Waals surface area contributed by atoms with Crippen molar-refractivity contribution in [2.45, 2.75) is 91.6 Å². The fourth-order valence-corrected chi connectivity index (χ4v) is 8.79. The summed E-state index contributed by atoms with van der Waals surface area (Å²) in [5, 5.41) is 0. The van der Waals surface area contributed by atoms with Crippen LogP contribution in [0.4, 0.5) is 0 Å². The topological polar surface area (TPSA) is 52.6 Å². The van der Waals surface area contributed by atoms with Crippen molar-refractivity contribution < 1.29 is 19.1 Å². The van der Waals surface area contributed by atoms with Crippen molar-refractivity contribution in [3.63, 3.8) is 0 Å². The molecule has 0 N–H and O–H groups in total. The van der Waals surface area contributed by atoms with Gasteiger partial charge in [-0.15, -0.1) is 0 Å². The Labute approximate surface area is 193 Å². The zero-order valence-corrected chi connectivity index (χ0v) is 20.3. The van der Waals surface area contributed by atoms with Crippen LogP contribution in [0.1, 0.15) is 85.5 Å². The summed E-state index contributed by atoms with van der Waals surface area (Å²) in [4.78, 5) is 24.4. The number of esters is 1. The first kappa shape index (κ1) is 22.2. The van der Waals surface area contributed by atoms with E-state index >= 15 is 0 Å². The highest BCUT2D eigenvalue weighted by Crippen LogP contribution is 2.68. The molecule has 5 rings (SSSR count). The van der Waals surface area contributed by atoms with Crippen LogP contribution in [0.15, 0.2) is 23.5 Å². The molecule has 0 aromatic carbocycles. The maximum absolute atomic E-state index is 12.6. The Bertz CT molecular complexity index is 855. The SMILES string of the molecule is CC(=O)OC1CC[C@H]2[C@@H]3C(C)CC4=CC(=O)CC(C)[C@]4(COC4=CCCC4)[C@@H]3CC[C@]12C. The van der Waals surface area contributed by atoms with Crippen molar-refractivity contribution >= 4 is 11.8 Å². The van der Waals surface area contributed by atoms with Gasteiger partial charge in [-0.25, -0.2) is 0 Å². The number of hydrogen-bond acceptors (Lipinski definition) is 4. The number of fused-ring (bicyclic) bond motifs is 5. The molecule has 0 radical (unpaired) electrons. The van der Waals surface area contributed by atoms with Crippen LogP contribution in [-0.4, -0.2) is 24.5 Å². The fourth-order valence-electron chi connectivity index (χ4n) is 8.79. The van der Waals surface area contributed by atoms with E-state index in [1.54, 1.807) is 6.92 Å². The summed E-state index contributed by atoms with van der Waals surface area (Å²) in [5.74, 6) is 3.89. The molecular formula is C28H40O4. The van der Waals surface area contributed by atoms with E-state index in [1.165, 1.54) is 12.0 Å². The third kappa shape index (κ3) is 3.30. The predicted molar refractivity (Wildman–Crippen MR) is 124 cm³/mol. The summed E-state index contributed by atoms with van der Waals surface area (Å²) >= 11 is 0. The standard InChI is InChI=1S/C28H40O4/c1-17-13-20-15-21(30)14-18(2)28(20,16-31-22-7-5-6-8-22)24-11-12-27(4)23(26(17)24)9-10-25(27)32-19(3)29/h7,15,17-18,23-26H,5-6,8-14,16H2,1-4H3/t17?,18?,23-,24+,25?,26-,27-,28-/m0/s1. The lowest BCUT2D eigenvalue weighted by atomic mass is 9.43. The largest absolute Gasteiger partial charge is 0.497 e. The van der Waals surface area contributed by atoms with Crippen LogP contribution in [0.25, 0.3) is 0 Å². The summed E-state index contributed by atoms with van der Waals surface area (Å²) in [6.45, 7) is 9.36. The van der Waals surface area contributed by atoms with Crippen LogP contribution in [-0.2, 0) is 19.1 Å². The first-order chi connectivity index (χ1) is 15.3. The molecule has 3 fully saturated rings. The van der Waals surface area contributed by atoms with Crippen molar-refractivity contribution in [3.8, 4) is 0 Å². The normalized spacial score (nSPS) is 45.3. The van der Waals surface area contributed by atoms with Gasteiger partial charge >= 0.3 is 5.97 Å². The second-order valence-electron chi connectivity index (χ2n) is 11.8. The number of rotatable bonds is 4. The molecule has 0 heterocycles. The summed E-state index contributed by atoms with van der Waals surface area (Å²) in [6.07, 6.45) is 13.7. The molecule has 3 saturated carbocycles. The fraction of sp³-hybridized carbons (Fsp3) is 0.786. The Morgan fingerprint density at radius 3 is 2.69 bits per heavy atom. The molecule has 0 amide bonds. The van der Waals surface area contributed by atoms with E-state index in [2.05, 4.69) is 26.8 Å². The number of allylic oxidation sites excluding steroid dienone is 2. The highest BCUT2D eigenvalue weighted by atomic mass is 16.5. The van der Waals surface area contributed by atoms with Gasteiger partial charge in [-0.2, -0.15) is 0 Å². The van der Waals surface area contributed by atoms with E-state index < -0.39 is 0 Å². The first-order valence-corrected chi connectivity index (χ1v) is 13.0. The van der Waals surface area contributed by atoms with Gasteiger partial charge in [0.2, 0.25) is 0 Å². The lowest BCUT2D eigenvalue weighted by Gasteiger charge is -2.62. The molecule has 32 heavy (non-hydrogen) atoms. The van der Waals surface area contributed by atoms with Crippen molar-refractivity contribution in [2.75, 3.05) is 6.61 Å². The van der Waals surface area contributed by atoms with E-state index in [0.717, 1.165) is 57.3 Å². The summed E-state index contributed by atoms with van der Waals surface area (Å²) in [7, 11) is 0. The van der Waals surface area contributed by atoms with E-state index in [1.807, 2.05) is 6.08 Å². The second-order valence-corrected chi connectivity index (χ2v) is 11.8. The minimum atomic E-state index is -0.143. The average Bonchev–Trinajstić information content (AvgIpc) is 3.35. The lowest BCUT2D eigenvalue weighted by Crippen LogP contribution is -2.58. The van der Waals surface area contributed by atoms with E-state index in [9.17, 15) is 9.59 Å². The van der Waals surface area contributed by atoms with Crippen LogP contribution in [0.2, 0.25) is 0 Å². The lowest BCUT2D eigenvalue weighted by molar-refractivity contribution is -0.162. The monoisotopic (exact) mass is 440 g/mol. The maximum atomic E-state index is 12.6. The predicted octanol–water partition coefficient (Wildman–Crippen LogP) is 6.01. The molecule has 0 aromatic heterocycles. The molecule has 8 atom stereocenters. The Kier molecular flexibility index (Phi) is 5.57. The Morgan fingerprint density at radius 1 is 1.16 bits per heavy atom. The van der Waals surface area contributed by atoms with Gasteiger partial charge in [0.15, 0.2) is 5.78 Å². The van der Waals surface area contributed by atoms with Gasteiger partial charge in [-0.1, -0.05) is 26.3 Å². The molecule has 3 unspecified atom stereocenters. The number of carbonyl (C=O) groups is 2. The Morgan fingerprint density at radius 2 is 1.97 bits per heavy atom. The zero-order chi connectivity index (χ0) is 22.7. The number of ether oxygens (including phenoxy) is 2. The molecule has 0 aromatic rings. The number of hydrogen-bond donors (Lipinski definition) is 0. The van der Waals surface area contributed by atoms with Crippen LogP contribution in [0.3, 0.4) is 0 Å². The van der Waals surface area contributed by atoms with Crippen molar-refractivity contribution in [2.24, 2.45) is 40.4 Å². The minimum Gasteiger partial charge on any atom is -0.497 e. The number of ketones is 1. The van der Waals surface area contributed by atoms with Gasteiger partial charge < -0.3 is 9.47 Å². The smallest absolute Gasteiger partial charge is 0.302 e. The molecule has 4 nitrogen and oxygen atoms in total. The van der Waals surface area contributed by atoms with Crippen LogP contribution >= 0.6 is 0 Å². The number of carbonyl (C=O) groups excluding carboxylic acids is 2. The van der Waals surface area contributed by atoms with Crippen LogP contribution < -0.4 is 0 Å². The Balaban J connectivity index is 1.51. The van der Waals surface area contributed by atoms with E-state index in [0.29, 0.717) is 41.8 Å². The summed E-state index contributed by atoms with van der Waals surface area (Å²) in [6, 6.07) is 0. The van der Waals surface area contributed by atoms with Crippen molar-refractivity contribution in [3.05, 3.63) is 23.5 Å². The van der Waals surface area contributed by atoms with Gasteiger partial charge in [0.05, 0.1) is 12.4 Å². The van der Waals surface area contributed by atoms with Gasteiger partial charge in [0, 0.05) is 30.6 Å². The summed E-state index contributed by atoms with van der Waals surface area (Å²) in [5.41, 5.74) is 1.41. The van der Waals surface area contributed by atoms with Crippen LogP contribution in [0, 0.1) is 40.4 Å². The quantitative estimate of drug-likeness (QED) is 0.503.